The fourth-order valence-corrected chi connectivity index (χ4v) is 1.65. The van der Waals surface area contributed by atoms with Crippen LogP contribution in [-0.4, -0.2) is 17.2 Å². The molecule has 0 bridgehead atoms. The Bertz CT molecular complexity index is 452. The van der Waals surface area contributed by atoms with Crippen LogP contribution in [0.1, 0.15) is 24.6 Å². The van der Waals surface area contributed by atoms with Crippen LogP contribution in [0.25, 0.3) is 0 Å². The number of ether oxygens (including phenoxy) is 1. The van der Waals surface area contributed by atoms with Gasteiger partial charge in [0.1, 0.15) is 11.1 Å². The molecule has 5 heteroatoms. The number of aromatic nitrogens is 1. The molecule has 84 valence electrons. The van der Waals surface area contributed by atoms with Crippen molar-refractivity contribution >= 4 is 17.7 Å². The first-order chi connectivity index (χ1) is 7.62. The average molecular weight is 236 g/mol. The predicted molar refractivity (Wildman–Crippen MR) is 61.4 cm³/mol. The van der Waals surface area contributed by atoms with E-state index in [0.29, 0.717) is 28.5 Å². The molecule has 0 saturated carbocycles. The summed E-state index contributed by atoms with van der Waals surface area (Å²) in [6, 6.07) is 3.59. The molecule has 16 heavy (non-hydrogen) atoms. The molecule has 0 amide bonds. The Morgan fingerprint density at radius 3 is 2.88 bits per heavy atom. The number of aryl methyl sites for hydroxylation is 1. The summed E-state index contributed by atoms with van der Waals surface area (Å²) in [7, 11) is 0. The van der Waals surface area contributed by atoms with Crippen LogP contribution >= 0.6 is 11.8 Å². The molecule has 0 fully saturated rings. The molecule has 0 radical (unpaired) electrons. The molecule has 0 spiro atoms. The number of pyridine rings is 1. The molecule has 1 heterocycles. The normalized spacial score (nSPS) is 9.62. The maximum atomic E-state index is 11.1. The summed E-state index contributed by atoms with van der Waals surface area (Å²) >= 11 is 1.39. The van der Waals surface area contributed by atoms with E-state index in [-0.39, 0.29) is 5.97 Å². The lowest BCUT2D eigenvalue weighted by molar-refractivity contribution is -0.134. The zero-order valence-electron chi connectivity index (χ0n) is 9.40. The molecule has 1 rings (SSSR count). The molecule has 4 nitrogen and oxygen atoms in total. The Labute approximate surface area is 98.6 Å². The van der Waals surface area contributed by atoms with Gasteiger partial charge in [0.25, 0.3) is 0 Å². The minimum Gasteiger partial charge on any atom is -0.425 e. The number of nitriles is 1. The van der Waals surface area contributed by atoms with Crippen molar-refractivity contribution in [3.63, 3.8) is 0 Å². The third-order valence-corrected chi connectivity index (χ3v) is 2.66. The molecular formula is C11H12N2O2S. The standard InChI is InChI=1S/C11H12N2O2S/c1-4-10(14)15-9-5-8(6-12)11(16-3)13-7(9)2/h5H,4H2,1-3H3. The summed E-state index contributed by atoms with van der Waals surface area (Å²) in [6.45, 7) is 3.46. The number of hydrogen-bond donors (Lipinski definition) is 0. The number of carbonyl (C=O) groups excluding carboxylic acids is 1. The van der Waals surface area contributed by atoms with Gasteiger partial charge in [0.05, 0.1) is 11.3 Å². The average Bonchev–Trinajstić information content (AvgIpc) is 2.30. The summed E-state index contributed by atoms with van der Waals surface area (Å²) in [5.74, 6) is 0.0342. The molecule has 0 aliphatic carbocycles. The first-order valence-corrected chi connectivity index (χ1v) is 6.01. The number of carbonyl (C=O) groups is 1. The smallest absolute Gasteiger partial charge is 0.310 e. The second kappa shape index (κ2) is 5.52. The van der Waals surface area contributed by atoms with Gasteiger partial charge in [0.15, 0.2) is 5.75 Å². The van der Waals surface area contributed by atoms with E-state index in [4.69, 9.17) is 10.00 Å². The van der Waals surface area contributed by atoms with E-state index < -0.39 is 0 Å². The molecular weight excluding hydrogens is 224 g/mol. The van der Waals surface area contributed by atoms with Crippen LogP contribution in [0.4, 0.5) is 0 Å². The first kappa shape index (κ1) is 12.5. The van der Waals surface area contributed by atoms with Crippen LogP contribution in [0.15, 0.2) is 11.1 Å². The molecule has 0 atom stereocenters. The maximum Gasteiger partial charge on any atom is 0.310 e. The van der Waals surface area contributed by atoms with Gasteiger partial charge in [-0.3, -0.25) is 4.79 Å². The highest BCUT2D eigenvalue weighted by Crippen LogP contribution is 2.25. The van der Waals surface area contributed by atoms with E-state index in [9.17, 15) is 4.79 Å². The first-order valence-electron chi connectivity index (χ1n) is 4.78. The van der Waals surface area contributed by atoms with E-state index in [1.165, 1.54) is 11.8 Å². The highest BCUT2D eigenvalue weighted by Gasteiger charge is 2.11. The molecule has 0 unspecified atom stereocenters. The largest absolute Gasteiger partial charge is 0.425 e. The zero-order chi connectivity index (χ0) is 12.1. The number of hydrogen-bond acceptors (Lipinski definition) is 5. The van der Waals surface area contributed by atoms with Crippen molar-refractivity contribution in [1.29, 1.82) is 5.26 Å². The second-order valence-corrected chi connectivity index (χ2v) is 3.86. The lowest BCUT2D eigenvalue weighted by atomic mass is 10.2. The van der Waals surface area contributed by atoms with E-state index >= 15 is 0 Å². The molecule has 1 aromatic rings. The Kier molecular flexibility index (Phi) is 4.32. The van der Waals surface area contributed by atoms with Crippen LogP contribution in [0.3, 0.4) is 0 Å². The lowest BCUT2D eigenvalue weighted by Crippen LogP contribution is -2.08. The maximum absolute atomic E-state index is 11.1. The van der Waals surface area contributed by atoms with Crippen molar-refractivity contribution in [2.24, 2.45) is 0 Å². The van der Waals surface area contributed by atoms with Gasteiger partial charge in [-0.05, 0) is 13.2 Å². The van der Waals surface area contributed by atoms with Crippen molar-refractivity contribution in [2.75, 3.05) is 6.26 Å². The third-order valence-electron chi connectivity index (χ3n) is 1.96. The van der Waals surface area contributed by atoms with Crippen molar-refractivity contribution < 1.29 is 9.53 Å². The lowest BCUT2D eigenvalue weighted by Gasteiger charge is -2.08. The quantitative estimate of drug-likeness (QED) is 0.595. The van der Waals surface area contributed by atoms with Gasteiger partial charge in [-0.1, -0.05) is 6.92 Å². The molecule has 0 saturated heterocycles. The number of thioether (sulfide) groups is 1. The van der Waals surface area contributed by atoms with Crippen LogP contribution < -0.4 is 4.74 Å². The Balaban J connectivity index is 3.12. The van der Waals surface area contributed by atoms with E-state index in [1.54, 1.807) is 19.9 Å². The minimum atomic E-state index is -0.328. The monoisotopic (exact) mass is 236 g/mol. The summed E-state index contributed by atoms with van der Waals surface area (Å²) in [4.78, 5) is 15.4. The van der Waals surface area contributed by atoms with Gasteiger partial charge >= 0.3 is 5.97 Å². The van der Waals surface area contributed by atoms with Gasteiger partial charge in [0.2, 0.25) is 0 Å². The number of rotatable bonds is 3. The highest BCUT2D eigenvalue weighted by molar-refractivity contribution is 7.98. The Morgan fingerprint density at radius 1 is 1.69 bits per heavy atom. The zero-order valence-corrected chi connectivity index (χ0v) is 10.2. The van der Waals surface area contributed by atoms with Gasteiger partial charge < -0.3 is 4.74 Å². The summed E-state index contributed by atoms with van der Waals surface area (Å²) < 4.78 is 5.07. The topological polar surface area (TPSA) is 63.0 Å². The molecule has 0 aliphatic heterocycles. The molecule has 1 aromatic heterocycles. The Hall–Kier alpha value is -1.54. The SMILES string of the molecule is CCC(=O)Oc1cc(C#N)c(SC)nc1C. The van der Waals surface area contributed by atoms with Crippen LogP contribution in [0.5, 0.6) is 5.75 Å². The fourth-order valence-electron chi connectivity index (χ4n) is 1.10. The van der Waals surface area contributed by atoms with E-state index in [0.717, 1.165) is 0 Å². The van der Waals surface area contributed by atoms with Crippen LogP contribution in [-0.2, 0) is 4.79 Å². The molecule has 0 N–H and O–H groups in total. The van der Waals surface area contributed by atoms with Gasteiger partial charge in [-0.15, -0.1) is 11.8 Å². The van der Waals surface area contributed by atoms with Gasteiger partial charge in [-0.25, -0.2) is 4.98 Å². The van der Waals surface area contributed by atoms with Crippen molar-refractivity contribution in [3.05, 3.63) is 17.3 Å². The van der Waals surface area contributed by atoms with Crippen LogP contribution in [0, 0.1) is 18.3 Å². The number of nitrogens with zero attached hydrogens (tertiary/aromatic N) is 2. The van der Waals surface area contributed by atoms with E-state index in [2.05, 4.69) is 4.98 Å². The minimum absolute atomic E-state index is 0.297. The second-order valence-electron chi connectivity index (χ2n) is 3.07. The fraction of sp³-hybridized carbons (Fsp3) is 0.364. The third kappa shape index (κ3) is 2.74. The predicted octanol–water partition coefficient (Wildman–Crippen LogP) is 2.30. The molecule has 0 aromatic carbocycles. The molecule has 0 aliphatic rings. The van der Waals surface area contributed by atoms with Gasteiger partial charge in [-0.2, -0.15) is 5.26 Å². The number of esters is 1. The van der Waals surface area contributed by atoms with Crippen molar-refractivity contribution in [3.8, 4) is 11.8 Å². The summed E-state index contributed by atoms with van der Waals surface area (Å²) in [6.07, 6.45) is 2.14. The summed E-state index contributed by atoms with van der Waals surface area (Å²) in [5.41, 5.74) is 1.04. The van der Waals surface area contributed by atoms with Crippen LogP contribution in [0.2, 0.25) is 0 Å². The summed E-state index contributed by atoms with van der Waals surface area (Å²) in [5, 5.41) is 9.56. The Morgan fingerprint density at radius 2 is 2.38 bits per heavy atom. The van der Waals surface area contributed by atoms with Crippen molar-refractivity contribution in [2.45, 2.75) is 25.3 Å². The van der Waals surface area contributed by atoms with Crippen molar-refractivity contribution in [1.82, 2.24) is 4.98 Å². The highest BCUT2D eigenvalue weighted by atomic mass is 32.2. The van der Waals surface area contributed by atoms with Gasteiger partial charge in [0, 0.05) is 12.5 Å². The van der Waals surface area contributed by atoms with E-state index in [1.807, 2.05) is 12.3 Å².